The zero-order chi connectivity index (χ0) is 13.0. The van der Waals surface area contributed by atoms with Crippen LogP contribution >= 0.6 is 0 Å². The number of nitrogens with zero attached hydrogens (tertiary/aromatic N) is 3. The van der Waals surface area contributed by atoms with Crippen molar-refractivity contribution in [3.8, 4) is 0 Å². The first-order chi connectivity index (χ1) is 8.70. The number of hydrogen-bond donors (Lipinski definition) is 1. The summed E-state index contributed by atoms with van der Waals surface area (Å²) < 4.78 is 1.97. The number of nitrogens with one attached hydrogen (secondary N) is 1. The van der Waals surface area contributed by atoms with E-state index in [4.69, 9.17) is 0 Å². The van der Waals surface area contributed by atoms with Gasteiger partial charge in [-0.1, -0.05) is 6.92 Å². The van der Waals surface area contributed by atoms with Crippen molar-refractivity contribution in [3.63, 3.8) is 0 Å². The van der Waals surface area contributed by atoms with Gasteiger partial charge in [0.1, 0.15) is 0 Å². The van der Waals surface area contributed by atoms with Crippen molar-refractivity contribution in [2.45, 2.75) is 45.7 Å². The van der Waals surface area contributed by atoms with Crippen LogP contribution in [0.2, 0.25) is 0 Å². The zero-order valence-corrected chi connectivity index (χ0v) is 11.9. The average Bonchev–Trinajstić information content (AvgIpc) is 2.95. The average molecular weight is 250 g/mol. The molecule has 1 unspecified atom stereocenters. The minimum atomic E-state index is 0.688. The van der Waals surface area contributed by atoms with Gasteiger partial charge in [0, 0.05) is 37.4 Å². The van der Waals surface area contributed by atoms with E-state index in [1.54, 1.807) is 0 Å². The van der Waals surface area contributed by atoms with Crippen LogP contribution in [0.25, 0.3) is 0 Å². The molecule has 0 bridgehead atoms. The van der Waals surface area contributed by atoms with E-state index >= 15 is 0 Å². The van der Waals surface area contributed by atoms with Gasteiger partial charge in [0.25, 0.3) is 0 Å². The van der Waals surface area contributed by atoms with E-state index in [1.807, 2.05) is 17.9 Å². The van der Waals surface area contributed by atoms with E-state index in [0.29, 0.717) is 6.04 Å². The Bertz CT molecular complexity index is 366. The summed E-state index contributed by atoms with van der Waals surface area (Å²) in [5.74, 6) is 0. The smallest absolute Gasteiger partial charge is 0.0537 e. The molecule has 4 nitrogen and oxygen atoms in total. The molecule has 1 saturated heterocycles. The molecule has 0 aliphatic carbocycles. The Morgan fingerprint density at radius 1 is 1.56 bits per heavy atom. The predicted molar refractivity (Wildman–Crippen MR) is 74.5 cm³/mol. The SMILES string of the molecule is CCCN(Cc1cnn(C)c1C)CC1CCCN1. The highest BCUT2D eigenvalue weighted by atomic mass is 15.3. The van der Waals surface area contributed by atoms with Gasteiger partial charge in [-0.2, -0.15) is 5.10 Å². The van der Waals surface area contributed by atoms with Crippen LogP contribution in [-0.4, -0.2) is 40.4 Å². The van der Waals surface area contributed by atoms with Gasteiger partial charge in [0.05, 0.1) is 6.20 Å². The molecule has 102 valence electrons. The first kappa shape index (κ1) is 13.6. The summed E-state index contributed by atoms with van der Waals surface area (Å²) in [6, 6.07) is 0.688. The molecular formula is C14H26N4. The number of hydrogen-bond acceptors (Lipinski definition) is 3. The van der Waals surface area contributed by atoms with Crippen molar-refractivity contribution in [3.05, 3.63) is 17.5 Å². The second-order valence-corrected chi connectivity index (χ2v) is 5.41. The van der Waals surface area contributed by atoms with E-state index < -0.39 is 0 Å². The lowest BCUT2D eigenvalue weighted by Crippen LogP contribution is -2.37. The molecule has 0 radical (unpaired) electrons. The molecule has 1 aromatic heterocycles. The quantitative estimate of drug-likeness (QED) is 0.834. The van der Waals surface area contributed by atoms with Crippen LogP contribution in [0.3, 0.4) is 0 Å². The first-order valence-corrected chi connectivity index (χ1v) is 7.14. The van der Waals surface area contributed by atoms with Crippen molar-refractivity contribution >= 4 is 0 Å². The lowest BCUT2D eigenvalue weighted by molar-refractivity contribution is 0.241. The summed E-state index contributed by atoms with van der Waals surface area (Å²) >= 11 is 0. The normalized spacial score (nSPS) is 19.9. The zero-order valence-electron chi connectivity index (χ0n) is 11.9. The van der Waals surface area contributed by atoms with Crippen molar-refractivity contribution in [1.82, 2.24) is 20.0 Å². The van der Waals surface area contributed by atoms with Gasteiger partial charge in [-0.25, -0.2) is 0 Å². The molecule has 1 aliphatic heterocycles. The fourth-order valence-corrected chi connectivity index (χ4v) is 2.72. The third kappa shape index (κ3) is 3.33. The van der Waals surface area contributed by atoms with E-state index in [9.17, 15) is 0 Å². The summed E-state index contributed by atoms with van der Waals surface area (Å²) in [5.41, 5.74) is 2.65. The standard InChI is InChI=1S/C14H26N4/c1-4-8-18(11-14-6-5-7-15-14)10-13-9-16-17(3)12(13)2/h9,14-15H,4-8,10-11H2,1-3H3. The molecule has 1 aromatic rings. The van der Waals surface area contributed by atoms with Crippen LogP contribution in [0.15, 0.2) is 6.20 Å². The maximum atomic E-state index is 4.34. The highest BCUT2D eigenvalue weighted by Gasteiger charge is 2.18. The van der Waals surface area contributed by atoms with Gasteiger partial charge in [0.2, 0.25) is 0 Å². The Balaban J connectivity index is 1.94. The third-order valence-corrected chi connectivity index (χ3v) is 3.91. The molecule has 1 atom stereocenters. The topological polar surface area (TPSA) is 33.1 Å². The summed E-state index contributed by atoms with van der Waals surface area (Å²) in [6.45, 7) is 8.97. The summed E-state index contributed by atoms with van der Waals surface area (Å²) in [6.07, 6.45) is 5.88. The molecule has 0 aromatic carbocycles. The molecule has 2 rings (SSSR count). The van der Waals surface area contributed by atoms with E-state index in [0.717, 1.165) is 6.54 Å². The predicted octanol–water partition coefficient (Wildman–Crippen LogP) is 1.69. The second-order valence-electron chi connectivity index (χ2n) is 5.41. The Hall–Kier alpha value is -0.870. The number of aromatic nitrogens is 2. The Morgan fingerprint density at radius 2 is 2.39 bits per heavy atom. The van der Waals surface area contributed by atoms with Gasteiger partial charge in [-0.05, 0) is 39.3 Å². The number of rotatable bonds is 6. The molecule has 0 saturated carbocycles. The molecule has 1 fully saturated rings. The number of aryl methyl sites for hydroxylation is 1. The minimum absolute atomic E-state index is 0.688. The van der Waals surface area contributed by atoms with Crippen LogP contribution in [0.4, 0.5) is 0 Å². The van der Waals surface area contributed by atoms with Crippen LogP contribution in [0.1, 0.15) is 37.4 Å². The van der Waals surface area contributed by atoms with Gasteiger partial charge >= 0.3 is 0 Å². The molecule has 0 spiro atoms. The van der Waals surface area contributed by atoms with E-state index in [2.05, 4.69) is 29.2 Å². The van der Waals surface area contributed by atoms with Gasteiger partial charge < -0.3 is 5.32 Å². The maximum Gasteiger partial charge on any atom is 0.0537 e. The molecule has 1 aliphatic rings. The Kier molecular flexibility index (Phi) is 4.78. The monoisotopic (exact) mass is 250 g/mol. The Morgan fingerprint density at radius 3 is 2.94 bits per heavy atom. The summed E-state index contributed by atoms with van der Waals surface area (Å²) in [4.78, 5) is 2.56. The summed E-state index contributed by atoms with van der Waals surface area (Å²) in [7, 11) is 2.02. The lowest BCUT2D eigenvalue weighted by atomic mass is 10.2. The first-order valence-electron chi connectivity index (χ1n) is 7.14. The Labute approximate surface area is 110 Å². The van der Waals surface area contributed by atoms with Crippen molar-refractivity contribution in [1.29, 1.82) is 0 Å². The molecule has 2 heterocycles. The third-order valence-electron chi connectivity index (χ3n) is 3.91. The van der Waals surface area contributed by atoms with E-state index in [1.165, 1.54) is 50.2 Å². The molecule has 4 heteroatoms. The van der Waals surface area contributed by atoms with Gasteiger partial charge in [-0.15, -0.1) is 0 Å². The molecule has 18 heavy (non-hydrogen) atoms. The second kappa shape index (κ2) is 6.34. The van der Waals surface area contributed by atoms with Crippen molar-refractivity contribution in [2.75, 3.05) is 19.6 Å². The van der Waals surface area contributed by atoms with Crippen molar-refractivity contribution < 1.29 is 0 Å². The highest BCUT2D eigenvalue weighted by molar-refractivity contribution is 5.15. The van der Waals surface area contributed by atoms with Crippen molar-refractivity contribution in [2.24, 2.45) is 7.05 Å². The maximum absolute atomic E-state index is 4.34. The van der Waals surface area contributed by atoms with Gasteiger partial charge in [0.15, 0.2) is 0 Å². The summed E-state index contributed by atoms with van der Waals surface area (Å²) in [5, 5.41) is 7.92. The fraction of sp³-hybridized carbons (Fsp3) is 0.786. The molecule has 1 N–H and O–H groups in total. The van der Waals surface area contributed by atoms with E-state index in [-0.39, 0.29) is 0 Å². The highest BCUT2D eigenvalue weighted by Crippen LogP contribution is 2.13. The van der Waals surface area contributed by atoms with Crippen LogP contribution < -0.4 is 5.32 Å². The fourth-order valence-electron chi connectivity index (χ4n) is 2.72. The lowest BCUT2D eigenvalue weighted by Gasteiger charge is -2.25. The molecular weight excluding hydrogens is 224 g/mol. The minimum Gasteiger partial charge on any atom is -0.313 e. The van der Waals surface area contributed by atoms with Crippen LogP contribution in [0.5, 0.6) is 0 Å². The van der Waals surface area contributed by atoms with Crippen LogP contribution in [-0.2, 0) is 13.6 Å². The van der Waals surface area contributed by atoms with Gasteiger partial charge in [-0.3, -0.25) is 9.58 Å². The molecule has 0 amide bonds. The van der Waals surface area contributed by atoms with Crippen LogP contribution in [0, 0.1) is 6.92 Å². The largest absolute Gasteiger partial charge is 0.313 e.